The van der Waals surface area contributed by atoms with Gasteiger partial charge in [0.15, 0.2) is 0 Å². The van der Waals surface area contributed by atoms with E-state index in [1.165, 1.54) is 0 Å². The third kappa shape index (κ3) is 8.02. The largest absolute Gasteiger partial charge is 0.371 e. The molecule has 2 N–H and O–H groups in total. The molecule has 0 amide bonds. The van der Waals surface area contributed by atoms with Gasteiger partial charge in [-0.25, -0.2) is 0 Å². The maximum Gasteiger partial charge on any atom is 0.135 e. The fourth-order valence-corrected chi connectivity index (χ4v) is 4.90. The van der Waals surface area contributed by atoms with Crippen molar-refractivity contribution in [3.05, 3.63) is 34.9 Å². The molecule has 1 aromatic rings. The Bertz CT molecular complexity index is 457. The van der Waals surface area contributed by atoms with Crippen LogP contribution >= 0.6 is 59.6 Å². The van der Waals surface area contributed by atoms with Crippen LogP contribution in [0.25, 0.3) is 0 Å². The second-order valence-electron chi connectivity index (χ2n) is 4.55. The van der Waals surface area contributed by atoms with Gasteiger partial charge in [-0.05, 0) is 30.5 Å². The highest BCUT2D eigenvalue weighted by Crippen LogP contribution is 2.40. The van der Waals surface area contributed by atoms with E-state index in [0.29, 0.717) is 0 Å². The zero-order valence-electron chi connectivity index (χ0n) is 12.7. The van der Waals surface area contributed by atoms with Crippen molar-refractivity contribution >= 4 is 68.2 Å². The quantitative estimate of drug-likeness (QED) is 0.477. The molecule has 122 valence electrons. The summed E-state index contributed by atoms with van der Waals surface area (Å²) in [6.45, 7) is 6.02. The van der Waals surface area contributed by atoms with Crippen LogP contribution in [0.2, 0.25) is 5.02 Å². The number of thioether (sulfide) groups is 2. The first kappa shape index (κ1) is 20.0. The molecule has 0 spiro atoms. The van der Waals surface area contributed by atoms with Crippen molar-refractivity contribution in [2.24, 2.45) is 0 Å². The number of benzene rings is 1. The van der Waals surface area contributed by atoms with Crippen LogP contribution < -0.4 is 10.6 Å². The Hall–Kier alpha value is -0.0100. The van der Waals surface area contributed by atoms with Crippen LogP contribution in [0.15, 0.2) is 24.3 Å². The molecular weight excluding hydrogens is 372 g/mol. The van der Waals surface area contributed by atoms with Crippen molar-refractivity contribution in [1.82, 2.24) is 10.6 Å². The lowest BCUT2D eigenvalue weighted by molar-refractivity contribution is 0.854. The van der Waals surface area contributed by atoms with Gasteiger partial charge in [0.25, 0.3) is 0 Å². The van der Waals surface area contributed by atoms with Gasteiger partial charge in [0.2, 0.25) is 0 Å². The predicted molar refractivity (Wildman–Crippen MR) is 111 cm³/mol. The van der Waals surface area contributed by atoms with Crippen molar-refractivity contribution in [2.75, 3.05) is 13.1 Å². The summed E-state index contributed by atoms with van der Waals surface area (Å²) < 4.78 is 1.71. The van der Waals surface area contributed by atoms with Gasteiger partial charge < -0.3 is 10.6 Å². The van der Waals surface area contributed by atoms with E-state index in [2.05, 4.69) is 24.5 Å². The normalized spacial score (nSPS) is 10.5. The number of hydrogen-bond donors (Lipinski definition) is 2. The molecule has 1 aromatic carbocycles. The Morgan fingerprint density at radius 3 is 1.86 bits per heavy atom. The molecule has 0 aliphatic heterocycles. The lowest BCUT2D eigenvalue weighted by Gasteiger charge is -2.18. The molecule has 0 aromatic heterocycles. The molecule has 0 radical (unpaired) electrons. The van der Waals surface area contributed by atoms with Crippen LogP contribution in [0.5, 0.6) is 0 Å². The molecule has 0 aliphatic rings. The second-order valence-corrected chi connectivity index (χ2v) is 8.85. The van der Waals surface area contributed by atoms with Crippen LogP contribution in [0.4, 0.5) is 0 Å². The number of nitrogens with one attached hydrogen (secondary N) is 2. The molecule has 1 rings (SSSR count). The van der Waals surface area contributed by atoms with Gasteiger partial charge in [0, 0.05) is 18.1 Å². The molecule has 0 heterocycles. The number of rotatable bonds is 7. The lowest BCUT2D eigenvalue weighted by atomic mass is 10.2. The summed E-state index contributed by atoms with van der Waals surface area (Å²) in [4.78, 5) is 0. The van der Waals surface area contributed by atoms with Crippen molar-refractivity contribution in [3.63, 3.8) is 0 Å². The van der Waals surface area contributed by atoms with Crippen LogP contribution in [0.1, 0.15) is 36.8 Å². The minimum absolute atomic E-state index is 0.117. The van der Waals surface area contributed by atoms with Gasteiger partial charge in [-0.15, -0.1) is 0 Å². The molecule has 0 aliphatic carbocycles. The Labute approximate surface area is 157 Å². The topological polar surface area (TPSA) is 24.1 Å². The van der Waals surface area contributed by atoms with E-state index in [1.54, 1.807) is 23.5 Å². The number of thiocarbonyl (C=S) groups is 2. The van der Waals surface area contributed by atoms with Crippen molar-refractivity contribution in [1.29, 1.82) is 0 Å². The average molecular weight is 393 g/mol. The average Bonchev–Trinajstić information content (AvgIpc) is 2.51. The summed E-state index contributed by atoms with van der Waals surface area (Å²) in [5, 5.41) is 7.24. The first-order valence-electron chi connectivity index (χ1n) is 7.21. The highest BCUT2D eigenvalue weighted by atomic mass is 35.5. The first-order chi connectivity index (χ1) is 10.6. The van der Waals surface area contributed by atoms with Crippen LogP contribution in [0.3, 0.4) is 0 Å². The minimum atomic E-state index is 0.117. The second kappa shape index (κ2) is 11.5. The first-order valence-corrected chi connectivity index (χ1v) is 10.2. The number of hydrogen-bond acceptors (Lipinski definition) is 4. The fourth-order valence-electron chi connectivity index (χ4n) is 1.51. The summed E-state index contributed by atoms with van der Waals surface area (Å²) >= 11 is 20.0. The van der Waals surface area contributed by atoms with Crippen molar-refractivity contribution in [2.45, 2.75) is 31.3 Å². The molecule has 7 heteroatoms. The van der Waals surface area contributed by atoms with E-state index in [9.17, 15) is 0 Å². The van der Waals surface area contributed by atoms with E-state index in [0.717, 1.165) is 45.2 Å². The molecule has 0 fully saturated rings. The highest BCUT2D eigenvalue weighted by molar-refractivity contribution is 8.35. The minimum Gasteiger partial charge on any atom is -0.371 e. The summed E-state index contributed by atoms with van der Waals surface area (Å²) in [7, 11) is 0. The van der Waals surface area contributed by atoms with Gasteiger partial charge in [0.05, 0.1) is 4.58 Å². The van der Waals surface area contributed by atoms with Crippen LogP contribution in [-0.4, -0.2) is 21.7 Å². The zero-order valence-corrected chi connectivity index (χ0v) is 16.7. The molecule has 0 bridgehead atoms. The molecular formula is C15H21ClN2S4. The monoisotopic (exact) mass is 392 g/mol. The number of halogens is 1. The SMILES string of the molecule is CCCNC(=S)SC(SC(=S)NCCC)c1ccc(Cl)cc1. The summed E-state index contributed by atoms with van der Waals surface area (Å²) in [6.07, 6.45) is 2.10. The van der Waals surface area contributed by atoms with E-state index in [1.807, 2.05) is 24.3 Å². The van der Waals surface area contributed by atoms with Gasteiger partial charge in [-0.1, -0.05) is 85.5 Å². The van der Waals surface area contributed by atoms with E-state index in [-0.39, 0.29) is 4.58 Å². The van der Waals surface area contributed by atoms with Gasteiger partial charge in [-0.2, -0.15) is 0 Å². The summed E-state index contributed by atoms with van der Waals surface area (Å²) in [5.41, 5.74) is 1.15. The highest BCUT2D eigenvalue weighted by Gasteiger charge is 2.17. The predicted octanol–water partition coefficient (Wildman–Crippen LogP) is 5.37. The van der Waals surface area contributed by atoms with E-state index in [4.69, 9.17) is 36.0 Å². The molecule has 0 saturated carbocycles. The summed E-state index contributed by atoms with van der Waals surface area (Å²) in [6, 6.07) is 7.85. The lowest BCUT2D eigenvalue weighted by Crippen LogP contribution is -2.22. The summed E-state index contributed by atoms with van der Waals surface area (Å²) in [5.74, 6) is 0. The third-order valence-electron chi connectivity index (χ3n) is 2.61. The molecule has 22 heavy (non-hydrogen) atoms. The van der Waals surface area contributed by atoms with Gasteiger partial charge >= 0.3 is 0 Å². The van der Waals surface area contributed by atoms with Crippen molar-refractivity contribution in [3.8, 4) is 0 Å². The van der Waals surface area contributed by atoms with Gasteiger partial charge in [0.1, 0.15) is 8.64 Å². The maximum absolute atomic E-state index is 5.98. The maximum atomic E-state index is 5.98. The van der Waals surface area contributed by atoms with Gasteiger partial charge in [-0.3, -0.25) is 0 Å². The molecule has 0 unspecified atom stereocenters. The van der Waals surface area contributed by atoms with E-state index < -0.39 is 0 Å². The Balaban J connectivity index is 2.73. The Morgan fingerprint density at radius 1 is 1.00 bits per heavy atom. The molecule has 2 nitrogen and oxygen atoms in total. The van der Waals surface area contributed by atoms with Crippen molar-refractivity contribution < 1.29 is 0 Å². The zero-order chi connectivity index (χ0) is 16.4. The van der Waals surface area contributed by atoms with Crippen LogP contribution in [-0.2, 0) is 0 Å². The third-order valence-corrected chi connectivity index (χ3v) is 5.99. The Morgan fingerprint density at radius 2 is 1.45 bits per heavy atom. The Kier molecular flexibility index (Phi) is 10.5. The van der Waals surface area contributed by atoms with E-state index >= 15 is 0 Å². The smallest absolute Gasteiger partial charge is 0.135 e. The molecule has 0 atom stereocenters. The van der Waals surface area contributed by atoms with Crippen LogP contribution in [0, 0.1) is 0 Å². The molecule has 0 saturated heterocycles. The fraction of sp³-hybridized carbons (Fsp3) is 0.467. The standard InChI is InChI=1S/C15H21ClN2S4/c1-3-9-17-14(19)21-13(22-15(20)18-10-4-2)11-5-7-12(16)8-6-11/h5-8,13H,3-4,9-10H2,1-2H3,(H,17,19)(H,18,20).